The number of amides is 1. The Labute approximate surface area is 97.8 Å². The van der Waals surface area contributed by atoms with E-state index in [0.29, 0.717) is 6.61 Å². The van der Waals surface area contributed by atoms with E-state index >= 15 is 0 Å². The average Bonchev–Trinajstić information content (AvgIpc) is 2.31. The number of ether oxygens (including phenoxy) is 1. The number of benzene rings is 1. The van der Waals surface area contributed by atoms with Crippen LogP contribution in [0, 0.1) is 0 Å². The maximum atomic E-state index is 10.8. The van der Waals surface area contributed by atoms with Crippen molar-refractivity contribution in [1.29, 1.82) is 0 Å². The van der Waals surface area contributed by atoms with E-state index < -0.39 is 0 Å². The van der Waals surface area contributed by atoms with E-state index in [9.17, 15) is 4.79 Å². The maximum Gasteiger partial charge on any atom is 0.245 e. The van der Waals surface area contributed by atoms with Crippen molar-refractivity contribution in [2.75, 3.05) is 13.7 Å². The molecule has 1 N–H and O–H groups in total. The largest absolute Gasteiger partial charge is 0.367 e. The molecule has 0 bridgehead atoms. The number of hydrogen-bond acceptors (Lipinski definition) is 2. The SMILES string of the molecule is CCC.CNC(=O)COCc1ccccc1. The molecular weight excluding hydrogens is 202 g/mol. The molecule has 1 aromatic carbocycles. The average molecular weight is 223 g/mol. The van der Waals surface area contributed by atoms with Gasteiger partial charge in [-0.05, 0) is 5.56 Å². The third-order valence-corrected chi connectivity index (χ3v) is 1.62. The first-order chi connectivity index (χ1) is 7.74. The number of nitrogens with one attached hydrogen (secondary N) is 1. The molecule has 0 radical (unpaired) electrons. The molecule has 0 aromatic heterocycles. The van der Waals surface area contributed by atoms with E-state index in [0.717, 1.165) is 5.56 Å². The molecule has 0 aliphatic rings. The van der Waals surface area contributed by atoms with Crippen LogP contribution < -0.4 is 5.32 Å². The smallest absolute Gasteiger partial charge is 0.245 e. The van der Waals surface area contributed by atoms with Crippen LogP contribution >= 0.6 is 0 Å². The van der Waals surface area contributed by atoms with Gasteiger partial charge in [0.25, 0.3) is 0 Å². The summed E-state index contributed by atoms with van der Waals surface area (Å²) in [5, 5.41) is 2.49. The van der Waals surface area contributed by atoms with Crippen LogP contribution in [0.15, 0.2) is 30.3 Å². The molecule has 0 aliphatic heterocycles. The minimum absolute atomic E-state index is 0.101. The Morgan fingerprint density at radius 1 is 1.25 bits per heavy atom. The summed E-state index contributed by atoms with van der Waals surface area (Å²) >= 11 is 0. The second-order valence-electron chi connectivity index (χ2n) is 3.36. The van der Waals surface area contributed by atoms with Crippen LogP contribution in [0.4, 0.5) is 0 Å². The van der Waals surface area contributed by atoms with E-state index in [1.54, 1.807) is 7.05 Å². The van der Waals surface area contributed by atoms with Crippen molar-refractivity contribution in [2.45, 2.75) is 26.9 Å². The Balaban J connectivity index is 0.000000673. The van der Waals surface area contributed by atoms with Crippen molar-refractivity contribution < 1.29 is 9.53 Å². The van der Waals surface area contributed by atoms with E-state index in [-0.39, 0.29) is 12.5 Å². The zero-order valence-electron chi connectivity index (χ0n) is 10.3. The Kier molecular flexibility index (Phi) is 9.32. The van der Waals surface area contributed by atoms with Crippen LogP contribution in [0.2, 0.25) is 0 Å². The lowest BCUT2D eigenvalue weighted by Crippen LogP contribution is -2.23. The van der Waals surface area contributed by atoms with Crippen LogP contribution in [0.1, 0.15) is 25.8 Å². The van der Waals surface area contributed by atoms with Crippen LogP contribution in [-0.4, -0.2) is 19.6 Å². The highest BCUT2D eigenvalue weighted by Gasteiger charge is 1.97. The summed E-state index contributed by atoms with van der Waals surface area (Å²) in [6.07, 6.45) is 1.25. The lowest BCUT2D eigenvalue weighted by molar-refractivity contribution is -0.125. The van der Waals surface area contributed by atoms with Gasteiger partial charge in [0.15, 0.2) is 0 Å². The molecule has 1 rings (SSSR count). The molecule has 0 atom stereocenters. The molecule has 90 valence electrons. The van der Waals surface area contributed by atoms with Gasteiger partial charge in [-0.1, -0.05) is 50.6 Å². The monoisotopic (exact) mass is 223 g/mol. The highest BCUT2D eigenvalue weighted by atomic mass is 16.5. The summed E-state index contributed by atoms with van der Waals surface area (Å²) in [6.45, 7) is 4.85. The minimum atomic E-state index is -0.101. The van der Waals surface area contributed by atoms with E-state index in [1.165, 1.54) is 6.42 Å². The van der Waals surface area contributed by atoms with Gasteiger partial charge in [0, 0.05) is 7.05 Å². The summed E-state index contributed by atoms with van der Waals surface area (Å²) in [5.74, 6) is -0.101. The summed E-state index contributed by atoms with van der Waals surface area (Å²) in [7, 11) is 1.59. The van der Waals surface area contributed by atoms with Crippen molar-refractivity contribution in [1.82, 2.24) is 5.32 Å². The molecule has 0 aliphatic carbocycles. The minimum Gasteiger partial charge on any atom is -0.367 e. The van der Waals surface area contributed by atoms with Crippen molar-refractivity contribution in [2.24, 2.45) is 0 Å². The molecule has 0 saturated heterocycles. The van der Waals surface area contributed by atoms with E-state index in [2.05, 4.69) is 19.2 Å². The second-order valence-corrected chi connectivity index (χ2v) is 3.36. The number of carbonyl (C=O) groups excluding carboxylic acids is 1. The van der Waals surface area contributed by atoms with Crippen molar-refractivity contribution in [3.8, 4) is 0 Å². The molecule has 3 nitrogen and oxygen atoms in total. The lowest BCUT2D eigenvalue weighted by atomic mass is 10.2. The first kappa shape index (κ1) is 14.6. The van der Waals surface area contributed by atoms with Gasteiger partial charge in [-0.3, -0.25) is 4.79 Å². The molecule has 1 amide bonds. The number of carbonyl (C=O) groups is 1. The Morgan fingerprint density at radius 3 is 2.31 bits per heavy atom. The number of hydrogen-bond donors (Lipinski definition) is 1. The Bertz CT molecular complexity index is 273. The summed E-state index contributed by atoms with van der Waals surface area (Å²) in [5.41, 5.74) is 1.08. The van der Waals surface area contributed by atoms with Gasteiger partial charge in [-0.25, -0.2) is 0 Å². The highest BCUT2D eigenvalue weighted by molar-refractivity contribution is 5.76. The first-order valence-corrected chi connectivity index (χ1v) is 5.56. The number of likely N-dealkylation sites (N-methyl/N-ethyl adjacent to an activating group) is 1. The van der Waals surface area contributed by atoms with Crippen LogP contribution in [0.3, 0.4) is 0 Å². The van der Waals surface area contributed by atoms with Crippen LogP contribution in [-0.2, 0) is 16.1 Å². The summed E-state index contributed by atoms with van der Waals surface area (Å²) < 4.78 is 5.16. The normalized spacial score (nSPS) is 8.94. The molecule has 16 heavy (non-hydrogen) atoms. The lowest BCUT2D eigenvalue weighted by Gasteiger charge is -2.02. The van der Waals surface area contributed by atoms with Gasteiger partial charge in [-0.15, -0.1) is 0 Å². The van der Waals surface area contributed by atoms with Crippen LogP contribution in [0.25, 0.3) is 0 Å². The molecular formula is C13H21NO2. The van der Waals surface area contributed by atoms with Gasteiger partial charge >= 0.3 is 0 Å². The van der Waals surface area contributed by atoms with Crippen molar-refractivity contribution in [3.05, 3.63) is 35.9 Å². The van der Waals surface area contributed by atoms with E-state index in [4.69, 9.17) is 4.74 Å². The third-order valence-electron chi connectivity index (χ3n) is 1.62. The van der Waals surface area contributed by atoms with Gasteiger partial charge in [0.05, 0.1) is 6.61 Å². The highest BCUT2D eigenvalue weighted by Crippen LogP contribution is 1.99. The van der Waals surface area contributed by atoms with Crippen LogP contribution in [0.5, 0.6) is 0 Å². The first-order valence-electron chi connectivity index (χ1n) is 5.56. The molecule has 1 aromatic rings. The Hall–Kier alpha value is -1.35. The van der Waals surface area contributed by atoms with Crippen molar-refractivity contribution >= 4 is 5.91 Å². The molecule has 3 heteroatoms. The predicted molar refractivity (Wildman–Crippen MR) is 66.1 cm³/mol. The molecule has 0 unspecified atom stereocenters. The van der Waals surface area contributed by atoms with Crippen molar-refractivity contribution in [3.63, 3.8) is 0 Å². The second kappa shape index (κ2) is 10.2. The quantitative estimate of drug-likeness (QED) is 0.851. The van der Waals surface area contributed by atoms with E-state index in [1.807, 2.05) is 30.3 Å². The third kappa shape index (κ3) is 8.00. The maximum absolute atomic E-state index is 10.8. The topological polar surface area (TPSA) is 38.3 Å². The fourth-order valence-electron chi connectivity index (χ4n) is 0.908. The molecule has 0 saturated carbocycles. The zero-order chi connectivity index (χ0) is 12.2. The summed E-state index contributed by atoms with van der Waals surface area (Å²) in [4.78, 5) is 10.8. The molecule has 0 fully saturated rings. The number of rotatable bonds is 4. The van der Waals surface area contributed by atoms with Gasteiger partial charge < -0.3 is 10.1 Å². The standard InChI is InChI=1S/C10H13NO2.C3H8/c1-11-10(12)8-13-7-9-5-3-2-4-6-9;1-3-2/h2-6H,7-8H2,1H3,(H,11,12);3H2,1-2H3. The molecule has 0 spiro atoms. The fraction of sp³-hybridized carbons (Fsp3) is 0.462. The van der Waals surface area contributed by atoms with Gasteiger partial charge in [0.1, 0.15) is 6.61 Å². The summed E-state index contributed by atoms with van der Waals surface area (Å²) in [6, 6.07) is 9.76. The Morgan fingerprint density at radius 2 is 1.81 bits per heavy atom. The predicted octanol–water partition coefficient (Wildman–Crippen LogP) is 2.37. The zero-order valence-corrected chi connectivity index (χ0v) is 10.3. The van der Waals surface area contributed by atoms with Gasteiger partial charge in [0.2, 0.25) is 5.91 Å². The molecule has 0 heterocycles. The fourth-order valence-corrected chi connectivity index (χ4v) is 0.908. The van der Waals surface area contributed by atoms with Gasteiger partial charge in [-0.2, -0.15) is 0 Å².